The third-order valence-electron chi connectivity index (χ3n) is 4.05. The Morgan fingerprint density at radius 1 is 1.26 bits per heavy atom. The van der Waals surface area contributed by atoms with E-state index in [2.05, 4.69) is 44.4 Å². The van der Waals surface area contributed by atoms with Crippen molar-refractivity contribution >= 4 is 11.6 Å². The van der Waals surface area contributed by atoms with Crippen LogP contribution in [0.3, 0.4) is 0 Å². The number of nitrogens with zero attached hydrogens (tertiary/aromatic N) is 3. The van der Waals surface area contributed by atoms with Gasteiger partial charge in [0, 0.05) is 39.8 Å². The summed E-state index contributed by atoms with van der Waals surface area (Å²) >= 11 is 0. The number of methoxy groups -OCH3 is 1. The van der Waals surface area contributed by atoms with Gasteiger partial charge in [0.25, 0.3) is 0 Å². The zero-order chi connectivity index (χ0) is 16.5. The van der Waals surface area contributed by atoms with Crippen molar-refractivity contribution < 1.29 is 4.74 Å². The average molecular weight is 316 g/mol. The highest BCUT2D eigenvalue weighted by atomic mass is 16.5. The normalized spacial score (nSPS) is 16.0. The number of allylic oxidation sites excluding steroid dienone is 1. The van der Waals surface area contributed by atoms with Gasteiger partial charge in [0.05, 0.1) is 12.8 Å². The molecule has 2 rings (SSSR count). The van der Waals surface area contributed by atoms with Gasteiger partial charge in [-0.15, -0.1) is 0 Å². The zero-order valence-corrected chi connectivity index (χ0v) is 14.5. The third kappa shape index (κ3) is 4.65. The lowest BCUT2D eigenvalue weighted by molar-refractivity contribution is 0.367. The molecule has 5 heteroatoms. The van der Waals surface area contributed by atoms with E-state index in [9.17, 15) is 0 Å². The van der Waals surface area contributed by atoms with Crippen LogP contribution in [-0.4, -0.2) is 57.7 Å². The van der Waals surface area contributed by atoms with Crippen LogP contribution in [0.25, 0.3) is 0 Å². The first-order chi connectivity index (χ1) is 11.3. The van der Waals surface area contributed by atoms with Crippen molar-refractivity contribution in [2.24, 2.45) is 4.99 Å². The Kier molecular flexibility index (Phi) is 6.78. The number of piperazine rings is 1. The predicted octanol–water partition coefficient (Wildman–Crippen LogP) is 2.36. The Balaban J connectivity index is 1.89. The van der Waals surface area contributed by atoms with Crippen LogP contribution in [0, 0.1) is 0 Å². The van der Waals surface area contributed by atoms with E-state index in [0.717, 1.165) is 50.9 Å². The molecule has 1 fully saturated rings. The summed E-state index contributed by atoms with van der Waals surface area (Å²) in [5.41, 5.74) is 1.17. The molecule has 126 valence electrons. The fraction of sp³-hybridized carbons (Fsp3) is 0.500. The molecule has 1 saturated heterocycles. The molecule has 1 aliphatic heterocycles. The first-order valence-electron chi connectivity index (χ1n) is 8.25. The minimum atomic E-state index is 0.920. The molecule has 0 spiro atoms. The maximum absolute atomic E-state index is 5.47. The smallest absolute Gasteiger partial charge is 0.193 e. The van der Waals surface area contributed by atoms with Gasteiger partial charge in [-0.25, -0.2) is 0 Å². The predicted molar refractivity (Wildman–Crippen MR) is 97.6 cm³/mol. The molecule has 0 aromatic heterocycles. The number of guanidine groups is 1. The maximum atomic E-state index is 5.47. The molecule has 0 bridgehead atoms. The average Bonchev–Trinajstić information content (AvgIpc) is 2.62. The van der Waals surface area contributed by atoms with Gasteiger partial charge in [-0.2, -0.15) is 0 Å². The largest absolute Gasteiger partial charge is 0.495 e. The number of ether oxygens (including phenoxy) is 1. The van der Waals surface area contributed by atoms with Crippen molar-refractivity contribution in [2.75, 3.05) is 51.8 Å². The maximum Gasteiger partial charge on any atom is 0.193 e. The molecule has 1 aliphatic rings. The Morgan fingerprint density at radius 2 is 2.00 bits per heavy atom. The van der Waals surface area contributed by atoms with E-state index >= 15 is 0 Å². The van der Waals surface area contributed by atoms with Crippen LogP contribution in [0.1, 0.15) is 13.3 Å². The van der Waals surface area contributed by atoms with E-state index in [1.807, 2.05) is 26.1 Å². The summed E-state index contributed by atoms with van der Waals surface area (Å²) in [6.07, 6.45) is 5.27. The van der Waals surface area contributed by atoms with Crippen LogP contribution < -0.4 is 15.0 Å². The Hall–Kier alpha value is -2.17. The van der Waals surface area contributed by atoms with E-state index in [1.54, 1.807) is 7.11 Å². The number of nitrogens with one attached hydrogen (secondary N) is 1. The van der Waals surface area contributed by atoms with Crippen molar-refractivity contribution in [3.8, 4) is 5.75 Å². The fourth-order valence-corrected chi connectivity index (χ4v) is 2.82. The first kappa shape index (κ1) is 17.2. The summed E-state index contributed by atoms with van der Waals surface area (Å²) in [4.78, 5) is 9.10. The first-order valence-corrected chi connectivity index (χ1v) is 8.25. The van der Waals surface area contributed by atoms with Gasteiger partial charge >= 0.3 is 0 Å². The second kappa shape index (κ2) is 9.08. The number of benzene rings is 1. The van der Waals surface area contributed by atoms with Gasteiger partial charge in [0.1, 0.15) is 5.75 Å². The number of rotatable bonds is 5. The third-order valence-corrected chi connectivity index (χ3v) is 4.05. The highest BCUT2D eigenvalue weighted by Gasteiger charge is 2.21. The summed E-state index contributed by atoms with van der Waals surface area (Å²) in [5.74, 6) is 1.93. The molecule has 0 unspecified atom stereocenters. The van der Waals surface area contributed by atoms with Crippen LogP contribution in [0.5, 0.6) is 5.75 Å². The van der Waals surface area contributed by atoms with Crippen molar-refractivity contribution in [1.82, 2.24) is 10.2 Å². The van der Waals surface area contributed by atoms with E-state index in [1.165, 1.54) is 5.69 Å². The molecular weight excluding hydrogens is 288 g/mol. The van der Waals surface area contributed by atoms with Crippen LogP contribution >= 0.6 is 0 Å². The molecule has 0 saturated carbocycles. The highest BCUT2D eigenvalue weighted by Crippen LogP contribution is 2.28. The van der Waals surface area contributed by atoms with Crippen LogP contribution in [-0.2, 0) is 0 Å². The van der Waals surface area contributed by atoms with Gasteiger partial charge in [-0.3, -0.25) is 4.99 Å². The summed E-state index contributed by atoms with van der Waals surface area (Å²) in [7, 11) is 3.58. The van der Waals surface area contributed by atoms with Crippen LogP contribution in [0.4, 0.5) is 5.69 Å². The molecule has 0 aliphatic carbocycles. The van der Waals surface area contributed by atoms with Gasteiger partial charge < -0.3 is 19.9 Å². The summed E-state index contributed by atoms with van der Waals surface area (Å²) in [5, 5.41) is 3.43. The standard InChI is InChI=1S/C18H28N4O/c1-4-5-8-11-20-18(19-2)22-14-12-21(13-15-22)16-9-6-7-10-17(16)23-3/h4-7,9-10H,8,11-15H2,1-3H3,(H,19,20). The second-order valence-electron chi connectivity index (χ2n) is 5.48. The van der Waals surface area contributed by atoms with E-state index < -0.39 is 0 Å². The molecule has 5 nitrogen and oxygen atoms in total. The molecule has 0 radical (unpaired) electrons. The van der Waals surface area contributed by atoms with E-state index in [-0.39, 0.29) is 0 Å². The van der Waals surface area contributed by atoms with Crippen molar-refractivity contribution in [2.45, 2.75) is 13.3 Å². The Bertz CT molecular complexity index is 534. The molecule has 1 heterocycles. The molecule has 1 aromatic carbocycles. The molecule has 0 atom stereocenters. The van der Waals surface area contributed by atoms with Crippen molar-refractivity contribution in [1.29, 1.82) is 0 Å². The minimum absolute atomic E-state index is 0.920. The van der Waals surface area contributed by atoms with Crippen LogP contribution in [0.15, 0.2) is 41.4 Å². The molecule has 1 N–H and O–H groups in total. The minimum Gasteiger partial charge on any atom is -0.495 e. The number of para-hydroxylation sites is 2. The quantitative estimate of drug-likeness (QED) is 0.392. The van der Waals surface area contributed by atoms with E-state index in [0.29, 0.717) is 0 Å². The number of hydrogen-bond donors (Lipinski definition) is 1. The topological polar surface area (TPSA) is 40.1 Å². The lowest BCUT2D eigenvalue weighted by atomic mass is 10.2. The molecule has 0 amide bonds. The Labute approximate surface area is 139 Å². The van der Waals surface area contributed by atoms with E-state index in [4.69, 9.17) is 4.74 Å². The second-order valence-corrected chi connectivity index (χ2v) is 5.48. The number of hydrogen-bond acceptors (Lipinski definition) is 3. The monoisotopic (exact) mass is 316 g/mol. The summed E-state index contributed by atoms with van der Waals surface area (Å²) in [6, 6.07) is 8.21. The van der Waals surface area contributed by atoms with Gasteiger partial charge in [0.2, 0.25) is 0 Å². The summed E-state index contributed by atoms with van der Waals surface area (Å²) < 4.78 is 5.47. The fourth-order valence-electron chi connectivity index (χ4n) is 2.82. The highest BCUT2D eigenvalue weighted by molar-refractivity contribution is 5.80. The molecule has 1 aromatic rings. The SMILES string of the molecule is CC=CCCNC(=NC)N1CCN(c2ccccc2OC)CC1. The zero-order valence-electron chi connectivity index (χ0n) is 14.5. The van der Waals surface area contributed by atoms with Crippen molar-refractivity contribution in [3.63, 3.8) is 0 Å². The number of anilines is 1. The lowest BCUT2D eigenvalue weighted by Gasteiger charge is -2.38. The molecular formula is C18H28N4O. The van der Waals surface area contributed by atoms with Gasteiger partial charge in [-0.1, -0.05) is 24.3 Å². The summed E-state index contributed by atoms with van der Waals surface area (Å²) in [6.45, 7) is 6.82. The molecule has 23 heavy (non-hydrogen) atoms. The van der Waals surface area contributed by atoms with Gasteiger partial charge in [-0.05, 0) is 25.5 Å². The Morgan fingerprint density at radius 3 is 2.65 bits per heavy atom. The lowest BCUT2D eigenvalue weighted by Crippen LogP contribution is -2.52. The van der Waals surface area contributed by atoms with Crippen LogP contribution in [0.2, 0.25) is 0 Å². The van der Waals surface area contributed by atoms with Gasteiger partial charge in [0.15, 0.2) is 5.96 Å². The van der Waals surface area contributed by atoms with Crippen molar-refractivity contribution in [3.05, 3.63) is 36.4 Å². The number of aliphatic imine (C=N–C) groups is 1.